The first kappa shape index (κ1) is 38.8. The van der Waals surface area contributed by atoms with E-state index in [1.165, 1.54) is 60.4 Å². The minimum Gasteiger partial charge on any atom is -0.494 e. The van der Waals surface area contributed by atoms with Crippen molar-refractivity contribution in [2.24, 2.45) is 0 Å². The molecule has 14 nitrogen and oxygen atoms in total. The summed E-state index contributed by atoms with van der Waals surface area (Å²) in [6.45, 7) is 2.76. The van der Waals surface area contributed by atoms with Gasteiger partial charge in [-0.25, -0.2) is 31.5 Å². The van der Waals surface area contributed by atoms with Crippen LogP contribution in [0.1, 0.15) is 56.2 Å². The molecule has 2 aliphatic rings. The Hall–Kier alpha value is -4.43. The average Bonchev–Trinajstić information content (AvgIpc) is 3.68. The van der Waals surface area contributed by atoms with E-state index in [2.05, 4.69) is 25.9 Å². The first-order chi connectivity index (χ1) is 24.8. The maximum atomic E-state index is 13.9. The van der Waals surface area contributed by atoms with Crippen LogP contribution in [-0.4, -0.2) is 93.0 Å². The van der Waals surface area contributed by atoms with Crippen molar-refractivity contribution in [1.29, 1.82) is 0 Å². The van der Waals surface area contributed by atoms with Crippen molar-refractivity contribution in [3.05, 3.63) is 68.9 Å². The summed E-state index contributed by atoms with van der Waals surface area (Å²) >= 11 is 2.30. The second-order valence-corrected chi connectivity index (χ2v) is 16.1. The molecule has 0 aliphatic carbocycles. The van der Waals surface area contributed by atoms with E-state index in [-0.39, 0.29) is 51.0 Å². The second kappa shape index (κ2) is 16.9. The number of piperidine rings is 2. The fraction of sp³-hybridized carbons (Fsp3) is 0.394. The van der Waals surface area contributed by atoms with Crippen LogP contribution < -0.4 is 36.9 Å². The van der Waals surface area contributed by atoms with Gasteiger partial charge in [-0.15, -0.1) is 0 Å². The Morgan fingerprint density at radius 2 is 1.23 bits per heavy atom. The van der Waals surface area contributed by atoms with Crippen molar-refractivity contribution >= 4 is 66.2 Å². The zero-order valence-corrected chi connectivity index (χ0v) is 31.2. The summed E-state index contributed by atoms with van der Waals surface area (Å²) in [5, 5.41) is 10.9. The van der Waals surface area contributed by atoms with Gasteiger partial charge >= 0.3 is 0 Å². The topological polar surface area (TPSA) is 204 Å². The highest BCUT2D eigenvalue weighted by Crippen LogP contribution is 2.32. The number of ether oxygens (including phenoxy) is 2. The number of carbonyl (C=O) groups is 2. The third-order valence-electron chi connectivity index (χ3n) is 8.46. The summed E-state index contributed by atoms with van der Waals surface area (Å²) in [5.41, 5.74) is 12.2. The van der Waals surface area contributed by atoms with Crippen molar-refractivity contribution in [2.45, 2.75) is 37.8 Å². The Balaban J connectivity index is 0.000000203. The van der Waals surface area contributed by atoms with Crippen molar-refractivity contribution < 1.29 is 36.3 Å². The normalized spacial score (nSPS) is 15.7. The van der Waals surface area contributed by atoms with Crippen LogP contribution >= 0.6 is 22.7 Å². The zero-order valence-electron chi connectivity index (χ0n) is 28.7. The van der Waals surface area contributed by atoms with E-state index in [1.54, 1.807) is 0 Å². The van der Waals surface area contributed by atoms with Crippen molar-refractivity contribution in [3.8, 4) is 11.5 Å². The maximum absolute atomic E-state index is 13.9. The fourth-order valence-corrected chi connectivity index (χ4v) is 8.36. The lowest BCUT2D eigenvalue weighted by atomic mass is 10.1. The molecule has 0 amide bonds. The summed E-state index contributed by atoms with van der Waals surface area (Å²) in [4.78, 5) is 34.2. The number of anilines is 4. The van der Waals surface area contributed by atoms with Gasteiger partial charge in [0, 0.05) is 36.3 Å². The van der Waals surface area contributed by atoms with Gasteiger partial charge < -0.3 is 36.9 Å². The van der Waals surface area contributed by atoms with Crippen molar-refractivity contribution in [3.63, 3.8) is 0 Å². The second-order valence-electron chi connectivity index (χ2n) is 12.1. The van der Waals surface area contributed by atoms with Gasteiger partial charge in [-0.2, -0.15) is 0 Å². The first-order valence-electron chi connectivity index (χ1n) is 16.2. The number of carbonyl (C=O) groups excluding carboxylic acids is 2. The molecule has 280 valence electrons. The molecule has 0 unspecified atom stereocenters. The summed E-state index contributed by atoms with van der Waals surface area (Å²) in [7, 11) is -0.465. The summed E-state index contributed by atoms with van der Waals surface area (Å²) in [6.07, 6.45) is 4.43. The van der Waals surface area contributed by atoms with Crippen LogP contribution in [0.25, 0.3) is 0 Å². The lowest BCUT2D eigenvalue weighted by molar-refractivity contribution is 0.103. The molecule has 2 aromatic heterocycles. The number of sulfonamides is 1. The number of aromatic nitrogens is 2. The molecule has 2 aromatic carbocycles. The number of nitrogens with one attached hydrogen (secondary N) is 3. The van der Waals surface area contributed by atoms with E-state index in [0.29, 0.717) is 47.1 Å². The number of nitrogen functional groups attached to an aromatic ring is 2. The van der Waals surface area contributed by atoms with Gasteiger partial charge in [-0.05, 0) is 75.2 Å². The predicted molar refractivity (Wildman–Crippen MR) is 198 cm³/mol. The van der Waals surface area contributed by atoms with Crippen LogP contribution in [-0.2, 0) is 10.0 Å². The van der Waals surface area contributed by atoms with Crippen molar-refractivity contribution in [1.82, 2.24) is 19.6 Å². The highest BCUT2D eigenvalue weighted by atomic mass is 32.2. The van der Waals surface area contributed by atoms with Crippen LogP contribution in [0.5, 0.6) is 11.5 Å². The molecule has 52 heavy (non-hydrogen) atoms. The predicted octanol–water partition coefficient (Wildman–Crippen LogP) is 4.21. The maximum Gasteiger partial charge on any atom is 0.211 e. The highest BCUT2D eigenvalue weighted by Gasteiger charge is 2.27. The number of nitrogens with two attached hydrogens (primary N) is 2. The van der Waals surface area contributed by atoms with Crippen molar-refractivity contribution in [2.75, 3.05) is 68.8 Å². The molecule has 7 N–H and O–H groups in total. The Bertz CT molecular complexity index is 2010. The third-order valence-corrected chi connectivity index (χ3v) is 11.8. The number of halogens is 2. The number of rotatable bonds is 11. The van der Waals surface area contributed by atoms with E-state index in [4.69, 9.17) is 20.9 Å². The van der Waals surface area contributed by atoms with E-state index in [0.717, 1.165) is 49.4 Å². The van der Waals surface area contributed by atoms with E-state index < -0.39 is 27.4 Å². The zero-order chi connectivity index (χ0) is 37.6. The number of ketones is 2. The molecule has 0 radical (unpaired) electrons. The van der Waals surface area contributed by atoms with Crippen LogP contribution in [0.15, 0.2) is 36.4 Å². The molecule has 19 heteroatoms. The van der Waals surface area contributed by atoms with Crippen LogP contribution in [0.4, 0.5) is 30.7 Å². The minimum atomic E-state index is -3.19. The van der Waals surface area contributed by atoms with Gasteiger partial charge in [0.25, 0.3) is 0 Å². The molecular formula is C33H40F2N8O6S3. The number of nitrogens with zero attached hydrogens (tertiary/aromatic N) is 3. The number of benzene rings is 2. The molecule has 0 atom stereocenters. The van der Waals surface area contributed by atoms with Gasteiger partial charge in [0.2, 0.25) is 21.6 Å². The lowest BCUT2D eigenvalue weighted by Crippen LogP contribution is -2.41. The Kier molecular flexibility index (Phi) is 12.6. The standard InChI is InChI=1S/C17H21FN4O4S2.C16H19FN4O2S/c1-26-13-4-3-10(9-12(13)18)14(23)15-16(19)21-17(27-15)20-11-5-7-22(8-6-11)28(2,24)25;1-23-12-3-2-9(8-11(12)17)13(22)14-15(18)21-16(24-14)20-10-4-6-19-7-5-10/h3-4,9,11H,5-8,19H2,1-2H3,(H,20,21);2-3,8,10,19H,4-7,18H2,1H3,(H,20,21). The Morgan fingerprint density at radius 1 is 0.808 bits per heavy atom. The Labute approximate surface area is 308 Å². The number of methoxy groups -OCH3 is 2. The quantitative estimate of drug-likeness (QED) is 0.136. The Morgan fingerprint density at radius 3 is 1.62 bits per heavy atom. The van der Waals surface area contributed by atoms with Gasteiger partial charge in [-0.3, -0.25) is 9.59 Å². The van der Waals surface area contributed by atoms with E-state index in [9.17, 15) is 26.8 Å². The molecule has 2 saturated heterocycles. The molecule has 0 bridgehead atoms. The molecule has 2 aliphatic heterocycles. The van der Waals surface area contributed by atoms with Gasteiger partial charge in [0.15, 0.2) is 33.4 Å². The molecule has 0 spiro atoms. The number of thiazole rings is 2. The number of hydrogen-bond acceptors (Lipinski definition) is 15. The van der Waals surface area contributed by atoms with E-state index >= 15 is 0 Å². The molecular weight excluding hydrogens is 739 g/mol. The molecule has 4 heterocycles. The van der Waals surface area contributed by atoms with Crippen LogP contribution in [0, 0.1) is 11.6 Å². The third kappa shape index (κ3) is 9.51. The fourth-order valence-electron chi connectivity index (χ4n) is 5.64. The first-order valence-corrected chi connectivity index (χ1v) is 19.7. The summed E-state index contributed by atoms with van der Waals surface area (Å²) < 4.78 is 62.0. The van der Waals surface area contributed by atoms with Gasteiger partial charge in [-0.1, -0.05) is 22.7 Å². The average molecular weight is 779 g/mol. The number of hydrogen-bond donors (Lipinski definition) is 5. The molecule has 2 fully saturated rings. The van der Waals surface area contributed by atoms with Crippen LogP contribution in [0.3, 0.4) is 0 Å². The summed E-state index contributed by atoms with van der Waals surface area (Å²) in [6, 6.07) is 8.40. The monoisotopic (exact) mass is 778 g/mol. The molecule has 6 rings (SSSR count). The highest BCUT2D eigenvalue weighted by molar-refractivity contribution is 7.88. The summed E-state index contributed by atoms with van der Waals surface area (Å²) in [5.74, 6) is -1.60. The largest absolute Gasteiger partial charge is 0.494 e. The SMILES string of the molecule is COc1ccc(C(=O)c2sc(NC3CCN(S(C)(=O)=O)CC3)nc2N)cc1F.COc1ccc(C(=O)c2sc(NC3CCNCC3)nc2N)cc1F. The van der Waals surface area contributed by atoms with E-state index in [1.807, 2.05) is 0 Å². The molecule has 0 saturated carbocycles. The van der Waals surface area contributed by atoms with Crippen LogP contribution in [0.2, 0.25) is 0 Å². The molecule has 4 aromatic rings. The van der Waals surface area contributed by atoms with Gasteiger partial charge in [0.05, 0.1) is 20.5 Å². The van der Waals surface area contributed by atoms with Gasteiger partial charge in [0.1, 0.15) is 21.4 Å². The smallest absolute Gasteiger partial charge is 0.211 e. The lowest BCUT2D eigenvalue weighted by Gasteiger charge is -2.30. The minimum absolute atomic E-state index is 0.0323.